The monoisotopic (exact) mass is 542 g/mol. The Kier molecular flexibility index (Phi) is 8.25. The molecule has 1 N–H and O–H groups in total. The van der Waals surface area contributed by atoms with Crippen molar-refractivity contribution in [2.45, 2.75) is 45.2 Å². The molecule has 200 valence electrons. The van der Waals surface area contributed by atoms with Crippen LogP contribution in [-0.4, -0.2) is 37.1 Å². The quantitative estimate of drug-likeness (QED) is 0.125. The second-order valence-corrected chi connectivity index (χ2v) is 11.1. The Bertz CT molecular complexity index is 1500. The Morgan fingerprint density at radius 2 is 1.64 bits per heavy atom. The second kappa shape index (κ2) is 11.6. The first-order valence-electron chi connectivity index (χ1n) is 12.4. The van der Waals surface area contributed by atoms with Crippen LogP contribution in [0.25, 0.3) is 17.1 Å². The van der Waals surface area contributed by atoms with E-state index >= 15 is 0 Å². The number of thioether (sulfide) groups is 1. The number of hydrazone groups is 1. The van der Waals surface area contributed by atoms with Gasteiger partial charge in [0.1, 0.15) is 0 Å². The first-order chi connectivity index (χ1) is 18.5. The molecule has 3 aromatic carbocycles. The van der Waals surface area contributed by atoms with Crippen molar-refractivity contribution in [3.63, 3.8) is 0 Å². The van der Waals surface area contributed by atoms with Crippen LogP contribution in [0.4, 0.5) is 5.69 Å². The van der Waals surface area contributed by atoms with Crippen molar-refractivity contribution in [2.24, 2.45) is 5.10 Å². The highest BCUT2D eigenvalue weighted by atomic mass is 32.2. The van der Waals surface area contributed by atoms with Gasteiger partial charge < -0.3 is 0 Å². The Hall–Kier alpha value is -4.31. The smallest absolute Gasteiger partial charge is 0.269 e. The topological polar surface area (TPSA) is 115 Å². The van der Waals surface area contributed by atoms with Crippen LogP contribution in [-0.2, 0) is 10.2 Å². The molecule has 0 aliphatic rings. The minimum Gasteiger partial charge on any atom is -0.272 e. The van der Waals surface area contributed by atoms with Crippen molar-refractivity contribution in [2.75, 3.05) is 5.75 Å². The van der Waals surface area contributed by atoms with Gasteiger partial charge in [0.15, 0.2) is 11.0 Å². The Morgan fingerprint density at radius 3 is 2.23 bits per heavy atom. The lowest BCUT2D eigenvalue weighted by atomic mass is 9.87. The molecule has 1 heterocycles. The third kappa shape index (κ3) is 6.77. The molecule has 0 aliphatic carbocycles. The van der Waals surface area contributed by atoms with Crippen LogP contribution in [0.1, 0.15) is 44.4 Å². The molecule has 1 amide bonds. The number of carbonyl (C=O) groups excluding carboxylic acids is 1. The summed E-state index contributed by atoms with van der Waals surface area (Å²) in [5, 5.41) is 24.5. The predicted octanol–water partition coefficient (Wildman–Crippen LogP) is 6.08. The fourth-order valence-corrected chi connectivity index (χ4v) is 4.54. The number of amides is 1. The van der Waals surface area contributed by atoms with E-state index in [1.165, 1.54) is 29.5 Å². The van der Waals surface area contributed by atoms with E-state index in [0.717, 1.165) is 16.8 Å². The zero-order valence-electron chi connectivity index (χ0n) is 22.5. The average Bonchev–Trinajstić information content (AvgIpc) is 3.34. The van der Waals surface area contributed by atoms with Crippen molar-refractivity contribution in [1.82, 2.24) is 20.2 Å². The van der Waals surface area contributed by atoms with Gasteiger partial charge in [0.2, 0.25) is 0 Å². The summed E-state index contributed by atoms with van der Waals surface area (Å²) in [7, 11) is 0. The molecule has 4 aromatic rings. The maximum absolute atomic E-state index is 12.6. The summed E-state index contributed by atoms with van der Waals surface area (Å²) in [5.41, 5.74) is 7.98. The Morgan fingerprint density at radius 1 is 1.00 bits per heavy atom. The number of nitro benzene ring substituents is 1. The van der Waals surface area contributed by atoms with Crippen LogP contribution in [0, 0.1) is 17.0 Å². The van der Waals surface area contributed by atoms with Gasteiger partial charge in [-0.05, 0) is 54.7 Å². The number of aryl methyl sites for hydroxylation is 1. The largest absolute Gasteiger partial charge is 0.272 e. The maximum atomic E-state index is 12.6. The van der Waals surface area contributed by atoms with E-state index in [0.29, 0.717) is 22.3 Å². The Balaban J connectivity index is 1.52. The SMILES string of the molecule is CC(=NNC(=O)CSc1nnc(-c2ccc(C(C)(C)C)cc2)n1-c1ccc(C)cc1)c1ccc([N+](=O)[O-])cc1. The first-order valence-corrected chi connectivity index (χ1v) is 13.4. The summed E-state index contributed by atoms with van der Waals surface area (Å²) in [6, 6.07) is 22.4. The van der Waals surface area contributed by atoms with E-state index in [-0.39, 0.29) is 22.8 Å². The number of nitrogens with one attached hydrogen (secondary N) is 1. The minimum absolute atomic E-state index is 0.00538. The van der Waals surface area contributed by atoms with E-state index in [2.05, 4.69) is 53.6 Å². The van der Waals surface area contributed by atoms with E-state index < -0.39 is 4.92 Å². The summed E-state index contributed by atoms with van der Waals surface area (Å²) in [6.07, 6.45) is 0. The molecule has 1 aromatic heterocycles. The molecule has 0 aliphatic heterocycles. The van der Waals surface area contributed by atoms with Gasteiger partial charge in [0, 0.05) is 23.4 Å². The van der Waals surface area contributed by atoms with Gasteiger partial charge in [-0.2, -0.15) is 5.10 Å². The van der Waals surface area contributed by atoms with Crippen molar-refractivity contribution in [3.05, 3.63) is 99.6 Å². The normalized spacial score (nSPS) is 11.9. The number of aromatic nitrogens is 3. The number of benzene rings is 3. The molecule has 0 unspecified atom stereocenters. The number of hydrogen-bond donors (Lipinski definition) is 1. The van der Waals surface area contributed by atoms with Crippen molar-refractivity contribution in [3.8, 4) is 17.1 Å². The molecule has 0 radical (unpaired) electrons. The fraction of sp³-hybridized carbons (Fsp3) is 0.241. The lowest BCUT2D eigenvalue weighted by Crippen LogP contribution is -2.21. The molecule has 10 heteroatoms. The number of hydrogen-bond acceptors (Lipinski definition) is 7. The van der Waals surface area contributed by atoms with Crippen LogP contribution < -0.4 is 5.43 Å². The van der Waals surface area contributed by atoms with E-state index in [4.69, 9.17) is 0 Å². The number of nitro groups is 1. The summed E-state index contributed by atoms with van der Waals surface area (Å²) < 4.78 is 1.95. The molecule has 0 fully saturated rings. The second-order valence-electron chi connectivity index (χ2n) is 10.1. The van der Waals surface area contributed by atoms with Crippen LogP contribution in [0.5, 0.6) is 0 Å². The van der Waals surface area contributed by atoms with Crippen LogP contribution in [0.15, 0.2) is 83.1 Å². The number of nitrogens with zero attached hydrogens (tertiary/aromatic N) is 5. The maximum Gasteiger partial charge on any atom is 0.269 e. The standard InChI is InChI=1S/C29H30N6O3S/c1-19-6-14-24(15-7-19)34-27(22-8-12-23(13-9-22)29(3,4)5)32-33-28(34)39-18-26(36)31-30-20(2)21-10-16-25(17-11-21)35(37)38/h6-17H,18H2,1-5H3,(H,31,36). The van der Waals surface area contributed by atoms with Crippen molar-refractivity contribution in [1.29, 1.82) is 0 Å². The Labute approximate surface area is 231 Å². The average molecular weight is 543 g/mol. The van der Waals surface area contributed by atoms with Gasteiger partial charge >= 0.3 is 0 Å². The summed E-state index contributed by atoms with van der Waals surface area (Å²) in [4.78, 5) is 23.0. The fourth-order valence-electron chi connectivity index (χ4n) is 3.79. The summed E-state index contributed by atoms with van der Waals surface area (Å²) in [5.74, 6) is 0.453. The van der Waals surface area contributed by atoms with Crippen molar-refractivity contribution < 1.29 is 9.72 Å². The highest BCUT2D eigenvalue weighted by molar-refractivity contribution is 7.99. The molecule has 0 atom stereocenters. The van der Waals surface area contributed by atoms with Gasteiger partial charge in [-0.25, -0.2) is 5.43 Å². The third-order valence-corrected chi connectivity index (χ3v) is 7.04. The van der Waals surface area contributed by atoms with Gasteiger partial charge in [-0.1, -0.05) is 74.5 Å². The first kappa shape index (κ1) is 27.7. The lowest BCUT2D eigenvalue weighted by Gasteiger charge is -2.19. The molecule has 39 heavy (non-hydrogen) atoms. The van der Waals surface area contributed by atoms with Gasteiger partial charge in [-0.3, -0.25) is 19.5 Å². The highest BCUT2D eigenvalue weighted by Gasteiger charge is 2.19. The molecule has 0 saturated heterocycles. The summed E-state index contributed by atoms with van der Waals surface area (Å²) >= 11 is 1.26. The molecule has 0 saturated carbocycles. The van der Waals surface area contributed by atoms with E-state index in [9.17, 15) is 14.9 Å². The number of rotatable bonds is 8. The minimum atomic E-state index is -0.461. The van der Waals surface area contributed by atoms with Crippen molar-refractivity contribution >= 4 is 29.1 Å². The van der Waals surface area contributed by atoms with Gasteiger partial charge in [0.25, 0.3) is 11.6 Å². The molecule has 4 rings (SSSR count). The van der Waals surface area contributed by atoms with Crippen LogP contribution >= 0.6 is 11.8 Å². The van der Waals surface area contributed by atoms with Crippen LogP contribution in [0.3, 0.4) is 0 Å². The number of carbonyl (C=O) groups is 1. The van der Waals surface area contributed by atoms with Crippen LogP contribution in [0.2, 0.25) is 0 Å². The van der Waals surface area contributed by atoms with Gasteiger partial charge in [0.05, 0.1) is 16.4 Å². The predicted molar refractivity (Wildman–Crippen MR) is 154 cm³/mol. The molecule has 0 bridgehead atoms. The molecule has 9 nitrogen and oxygen atoms in total. The zero-order chi connectivity index (χ0) is 28.2. The van der Waals surface area contributed by atoms with Gasteiger partial charge in [-0.15, -0.1) is 10.2 Å². The lowest BCUT2D eigenvalue weighted by molar-refractivity contribution is -0.384. The summed E-state index contributed by atoms with van der Waals surface area (Å²) in [6.45, 7) is 10.3. The third-order valence-electron chi connectivity index (χ3n) is 6.11. The highest BCUT2D eigenvalue weighted by Crippen LogP contribution is 2.30. The number of non-ortho nitro benzene ring substituents is 1. The zero-order valence-corrected chi connectivity index (χ0v) is 23.3. The van der Waals surface area contributed by atoms with E-state index in [1.54, 1.807) is 19.1 Å². The van der Waals surface area contributed by atoms with E-state index in [1.807, 2.05) is 47.9 Å². The molecule has 0 spiro atoms. The molecular formula is C29H30N6O3S. The molecular weight excluding hydrogens is 512 g/mol.